The maximum atomic E-state index is 11.9. The quantitative estimate of drug-likeness (QED) is 0.657. The van der Waals surface area contributed by atoms with Crippen LogP contribution in [0.5, 0.6) is 0 Å². The van der Waals surface area contributed by atoms with Gasteiger partial charge in [-0.3, -0.25) is 14.9 Å². The molecule has 0 aliphatic carbocycles. The second kappa shape index (κ2) is 8.92. The molecule has 1 aromatic carbocycles. The minimum Gasteiger partial charge on any atom is -0.374 e. The van der Waals surface area contributed by atoms with Crippen LogP contribution in [0.3, 0.4) is 0 Å². The van der Waals surface area contributed by atoms with Gasteiger partial charge in [-0.05, 0) is 49.4 Å². The molecule has 7 heteroatoms. The summed E-state index contributed by atoms with van der Waals surface area (Å²) in [6.45, 7) is 8.07. The number of amides is 2. The van der Waals surface area contributed by atoms with E-state index in [0.29, 0.717) is 12.8 Å². The molecule has 3 fully saturated rings. The highest BCUT2D eigenvalue weighted by Gasteiger charge is 2.26. The number of nitrogens with one attached hydrogen (secondary N) is 3. The lowest BCUT2D eigenvalue weighted by Crippen LogP contribution is -2.47. The Balaban J connectivity index is 1.25. The van der Waals surface area contributed by atoms with Crippen molar-refractivity contribution in [3.05, 3.63) is 24.3 Å². The van der Waals surface area contributed by atoms with Gasteiger partial charge in [-0.1, -0.05) is 0 Å². The first-order valence-electron chi connectivity index (χ1n) is 10.6. The molecular formula is C21H31N5O2. The zero-order valence-electron chi connectivity index (χ0n) is 16.5. The number of piperazine rings is 1. The van der Waals surface area contributed by atoms with Gasteiger partial charge >= 0.3 is 0 Å². The minimum atomic E-state index is -0.329. The molecule has 1 atom stereocenters. The first-order chi connectivity index (χ1) is 13.7. The molecule has 1 aromatic rings. The van der Waals surface area contributed by atoms with Crippen LogP contribution in [0.2, 0.25) is 0 Å². The lowest BCUT2D eigenvalue weighted by atomic mass is 9.95. The number of benzene rings is 1. The summed E-state index contributed by atoms with van der Waals surface area (Å²) < 4.78 is 0. The van der Waals surface area contributed by atoms with E-state index in [1.54, 1.807) is 0 Å². The van der Waals surface area contributed by atoms with Gasteiger partial charge in [0.25, 0.3) is 0 Å². The fourth-order valence-corrected chi connectivity index (χ4v) is 4.43. The third-order valence-corrected chi connectivity index (χ3v) is 6.15. The van der Waals surface area contributed by atoms with Crippen LogP contribution >= 0.6 is 0 Å². The predicted octanol–water partition coefficient (Wildman–Crippen LogP) is 1.03. The molecule has 3 aliphatic rings. The van der Waals surface area contributed by atoms with E-state index >= 15 is 0 Å². The number of hydrogen-bond acceptors (Lipinski definition) is 6. The van der Waals surface area contributed by atoms with E-state index in [0.717, 1.165) is 37.8 Å². The minimum absolute atomic E-state index is 0.182. The van der Waals surface area contributed by atoms with E-state index < -0.39 is 0 Å². The van der Waals surface area contributed by atoms with Crippen LogP contribution in [-0.4, -0.2) is 68.6 Å². The summed E-state index contributed by atoms with van der Waals surface area (Å²) in [5.74, 6) is 0.397. The molecule has 152 valence electrons. The average Bonchev–Trinajstić information content (AvgIpc) is 2.72. The van der Waals surface area contributed by atoms with Crippen molar-refractivity contribution in [2.75, 3.05) is 56.0 Å². The van der Waals surface area contributed by atoms with Crippen molar-refractivity contribution in [2.45, 2.75) is 31.7 Å². The molecule has 3 saturated heterocycles. The van der Waals surface area contributed by atoms with Crippen LogP contribution < -0.4 is 20.9 Å². The predicted molar refractivity (Wildman–Crippen MR) is 110 cm³/mol. The van der Waals surface area contributed by atoms with Gasteiger partial charge in [-0.2, -0.15) is 0 Å². The molecule has 0 radical (unpaired) electrons. The Morgan fingerprint density at radius 1 is 0.964 bits per heavy atom. The Kier molecular flexibility index (Phi) is 6.12. The molecule has 0 aromatic heterocycles. The first-order valence-corrected chi connectivity index (χ1v) is 10.6. The van der Waals surface area contributed by atoms with Gasteiger partial charge in [0.1, 0.15) is 6.04 Å². The summed E-state index contributed by atoms with van der Waals surface area (Å²) in [6.07, 6.45) is 3.44. The first kappa shape index (κ1) is 19.2. The lowest BCUT2D eigenvalue weighted by Gasteiger charge is -2.37. The zero-order valence-corrected chi connectivity index (χ0v) is 16.5. The summed E-state index contributed by atoms with van der Waals surface area (Å²) in [5, 5.41) is 9.05. The molecule has 3 heterocycles. The monoisotopic (exact) mass is 385 g/mol. The Morgan fingerprint density at radius 3 is 2.36 bits per heavy atom. The highest BCUT2D eigenvalue weighted by Crippen LogP contribution is 2.26. The van der Waals surface area contributed by atoms with E-state index in [2.05, 4.69) is 37.9 Å². The van der Waals surface area contributed by atoms with E-state index in [1.807, 2.05) is 12.1 Å². The fraction of sp³-hybridized carbons (Fsp3) is 0.619. The number of carbonyl (C=O) groups excluding carboxylic acids is 2. The maximum absolute atomic E-state index is 11.9. The van der Waals surface area contributed by atoms with Crippen LogP contribution in [0.15, 0.2) is 24.3 Å². The van der Waals surface area contributed by atoms with Gasteiger partial charge in [0.15, 0.2) is 0 Å². The summed E-state index contributed by atoms with van der Waals surface area (Å²) in [5.41, 5.74) is 2.17. The van der Waals surface area contributed by atoms with Gasteiger partial charge in [-0.25, -0.2) is 0 Å². The van der Waals surface area contributed by atoms with Crippen molar-refractivity contribution in [1.29, 1.82) is 0 Å². The standard InChI is InChI=1S/C21H31N5O2/c27-20-6-5-19(21(28)24-20)23-17-1-3-18(4-2-17)26-11-7-16(8-12-26)15-25-13-9-22-10-14-25/h1-4,16,19,22-23H,5-15H2,(H,24,27,28). The van der Waals surface area contributed by atoms with Crippen molar-refractivity contribution < 1.29 is 9.59 Å². The number of anilines is 2. The molecule has 0 saturated carbocycles. The Bertz CT molecular complexity index is 679. The molecule has 28 heavy (non-hydrogen) atoms. The number of carbonyl (C=O) groups is 2. The van der Waals surface area contributed by atoms with Gasteiger partial charge in [0, 0.05) is 63.6 Å². The summed E-state index contributed by atoms with van der Waals surface area (Å²) in [6, 6.07) is 8.00. The summed E-state index contributed by atoms with van der Waals surface area (Å²) in [4.78, 5) is 28.2. The Morgan fingerprint density at radius 2 is 1.68 bits per heavy atom. The fourth-order valence-electron chi connectivity index (χ4n) is 4.43. The number of rotatable bonds is 5. The van der Waals surface area contributed by atoms with Crippen LogP contribution in [0, 0.1) is 5.92 Å². The normalized spacial score (nSPS) is 24.9. The number of nitrogens with zero attached hydrogens (tertiary/aromatic N) is 2. The Labute approximate surface area is 166 Å². The third kappa shape index (κ3) is 4.83. The average molecular weight is 386 g/mol. The van der Waals surface area contributed by atoms with Crippen molar-refractivity contribution in [3.8, 4) is 0 Å². The molecule has 0 bridgehead atoms. The van der Waals surface area contributed by atoms with Crippen LogP contribution in [-0.2, 0) is 9.59 Å². The van der Waals surface area contributed by atoms with Gasteiger partial charge in [0.05, 0.1) is 0 Å². The van der Waals surface area contributed by atoms with E-state index in [-0.39, 0.29) is 17.9 Å². The Hall–Kier alpha value is -2.12. The summed E-state index contributed by atoms with van der Waals surface area (Å²) >= 11 is 0. The molecular weight excluding hydrogens is 354 g/mol. The van der Waals surface area contributed by atoms with Crippen molar-refractivity contribution in [3.63, 3.8) is 0 Å². The molecule has 7 nitrogen and oxygen atoms in total. The molecule has 1 unspecified atom stereocenters. The van der Waals surface area contributed by atoms with Crippen LogP contribution in [0.25, 0.3) is 0 Å². The lowest BCUT2D eigenvalue weighted by molar-refractivity contribution is -0.133. The third-order valence-electron chi connectivity index (χ3n) is 6.15. The van der Waals surface area contributed by atoms with Gasteiger partial charge in [-0.15, -0.1) is 0 Å². The van der Waals surface area contributed by atoms with Crippen molar-refractivity contribution >= 4 is 23.2 Å². The maximum Gasteiger partial charge on any atom is 0.249 e. The molecule has 3 aliphatic heterocycles. The highest BCUT2D eigenvalue weighted by molar-refractivity contribution is 6.01. The number of imide groups is 1. The smallest absolute Gasteiger partial charge is 0.249 e. The van der Waals surface area contributed by atoms with E-state index in [9.17, 15) is 9.59 Å². The number of hydrogen-bond donors (Lipinski definition) is 3. The molecule has 4 rings (SSSR count). The van der Waals surface area contributed by atoms with E-state index in [4.69, 9.17) is 0 Å². The second-order valence-electron chi connectivity index (χ2n) is 8.18. The molecule has 0 spiro atoms. The molecule has 3 N–H and O–H groups in total. The summed E-state index contributed by atoms with van der Waals surface area (Å²) in [7, 11) is 0. The molecule has 2 amide bonds. The van der Waals surface area contributed by atoms with Crippen molar-refractivity contribution in [1.82, 2.24) is 15.5 Å². The zero-order chi connectivity index (χ0) is 19.3. The van der Waals surface area contributed by atoms with Crippen LogP contribution in [0.4, 0.5) is 11.4 Å². The SMILES string of the molecule is O=C1CCC(Nc2ccc(N3CCC(CN4CCNCC4)CC3)cc2)C(=O)N1. The largest absolute Gasteiger partial charge is 0.374 e. The van der Waals surface area contributed by atoms with Gasteiger partial charge < -0.3 is 20.4 Å². The van der Waals surface area contributed by atoms with Crippen molar-refractivity contribution in [2.24, 2.45) is 5.92 Å². The second-order valence-corrected chi connectivity index (χ2v) is 8.18. The van der Waals surface area contributed by atoms with E-state index in [1.165, 1.54) is 38.2 Å². The topological polar surface area (TPSA) is 76.7 Å². The van der Waals surface area contributed by atoms with Gasteiger partial charge in [0.2, 0.25) is 11.8 Å². The number of piperidine rings is 2. The van der Waals surface area contributed by atoms with Crippen LogP contribution in [0.1, 0.15) is 25.7 Å². The highest BCUT2D eigenvalue weighted by atomic mass is 16.2.